The van der Waals surface area contributed by atoms with Gasteiger partial charge in [0.05, 0.1) is 13.2 Å². The maximum atomic E-state index is 11.5. The second kappa shape index (κ2) is 14.6. The third-order valence-corrected chi connectivity index (χ3v) is 4.63. The van der Waals surface area contributed by atoms with Crippen LogP contribution in [0.1, 0.15) is 52.9 Å². The third-order valence-electron chi connectivity index (χ3n) is 4.01. The van der Waals surface area contributed by atoms with Gasteiger partial charge < -0.3 is 18.9 Å². The van der Waals surface area contributed by atoms with E-state index in [1.165, 1.54) is 0 Å². The summed E-state index contributed by atoms with van der Waals surface area (Å²) < 4.78 is 22.3. The summed E-state index contributed by atoms with van der Waals surface area (Å²) in [6.45, 7) is 7.63. The fourth-order valence-electron chi connectivity index (χ4n) is 2.35. The Kier molecular flexibility index (Phi) is 12.8. The lowest BCUT2D eigenvalue weighted by atomic mass is 10.1. The Hall–Kier alpha value is -1.40. The van der Waals surface area contributed by atoms with Crippen LogP contribution < -0.4 is 9.47 Å². The van der Waals surface area contributed by atoms with Gasteiger partial charge in [0, 0.05) is 24.3 Å². The van der Waals surface area contributed by atoms with Gasteiger partial charge in [-0.2, -0.15) is 12.6 Å². The summed E-state index contributed by atoms with van der Waals surface area (Å²) in [4.78, 5) is 11.5. The molecule has 5 nitrogen and oxygen atoms in total. The molecule has 0 aromatic heterocycles. The van der Waals surface area contributed by atoms with Crippen molar-refractivity contribution < 1.29 is 23.7 Å². The number of ether oxygens (including phenoxy) is 4. The van der Waals surface area contributed by atoms with E-state index in [-0.39, 0.29) is 12.6 Å². The highest BCUT2D eigenvalue weighted by atomic mass is 32.1. The van der Waals surface area contributed by atoms with Crippen LogP contribution in [0.15, 0.2) is 24.3 Å². The molecule has 2 atom stereocenters. The first kappa shape index (κ1) is 23.6. The van der Waals surface area contributed by atoms with Crippen molar-refractivity contribution >= 4 is 18.6 Å². The lowest BCUT2D eigenvalue weighted by Crippen LogP contribution is -2.29. The van der Waals surface area contributed by atoms with Gasteiger partial charge in [0.2, 0.25) is 0 Å². The Morgan fingerprint density at radius 3 is 2.48 bits per heavy atom. The van der Waals surface area contributed by atoms with Gasteiger partial charge in [0.1, 0.15) is 18.1 Å². The minimum Gasteiger partial charge on any atom is -0.493 e. The molecule has 0 radical (unpaired) electrons. The quantitative estimate of drug-likeness (QED) is 0.264. The number of unbranched alkanes of at least 4 members (excludes halogenated alkanes) is 1. The average molecular weight is 399 g/mol. The molecule has 0 saturated heterocycles. The fourth-order valence-corrected chi connectivity index (χ4v) is 2.54. The zero-order valence-electron chi connectivity index (χ0n) is 16.8. The average Bonchev–Trinajstić information content (AvgIpc) is 2.69. The molecule has 0 bridgehead atoms. The molecule has 1 aromatic rings. The zero-order chi connectivity index (χ0) is 19.9. The summed E-state index contributed by atoms with van der Waals surface area (Å²) in [7, 11) is 0. The Bertz CT molecular complexity index is 523. The molecule has 0 amide bonds. The third kappa shape index (κ3) is 11.1. The molecule has 0 spiro atoms. The van der Waals surface area contributed by atoms with Crippen LogP contribution in [0.2, 0.25) is 0 Å². The van der Waals surface area contributed by atoms with Gasteiger partial charge in [-0.1, -0.05) is 19.9 Å². The van der Waals surface area contributed by atoms with E-state index in [0.29, 0.717) is 37.2 Å². The summed E-state index contributed by atoms with van der Waals surface area (Å²) in [6, 6.07) is 7.52. The van der Waals surface area contributed by atoms with E-state index < -0.39 is 6.10 Å². The number of hydrogen-bond donors (Lipinski definition) is 1. The highest BCUT2D eigenvalue weighted by Gasteiger charge is 2.15. The second-order valence-electron chi connectivity index (χ2n) is 6.32. The molecule has 154 valence electrons. The topological polar surface area (TPSA) is 54.0 Å². The molecule has 2 unspecified atom stereocenters. The number of thiol groups is 1. The largest absolute Gasteiger partial charge is 0.493 e. The maximum absolute atomic E-state index is 11.5. The predicted molar refractivity (Wildman–Crippen MR) is 111 cm³/mol. The van der Waals surface area contributed by atoms with Crippen LogP contribution >= 0.6 is 12.6 Å². The number of carbonyl (C=O) groups is 1. The number of rotatable bonds is 15. The van der Waals surface area contributed by atoms with Crippen LogP contribution in [0, 0.1) is 0 Å². The van der Waals surface area contributed by atoms with Crippen LogP contribution in [0.4, 0.5) is 0 Å². The highest BCUT2D eigenvalue weighted by molar-refractivity contribution is 7.80. The van der Waals surface area contributed by atoms with Crippen molar-refractivity contribution in [2.75, 3.05) is 26.4 Å². The molecule has 1 rings (SSSR count). The van der Waals surface area contributed by atoms with Crippen molar-refractivity contribution in [3.63, 3.8) is 0 Å². The van der Waals surface area contributed by atoms with E-state index in [2.05, 4.69) is 19.6 Å². The molecular weight excluding hydrogens is 364 g/mol. The normalized spacial score (nSPS) is 13.0. The van der Waals surface area contributed by atoms with E-state index in [9.17, 15) is 4.79 Å². The van der Waals surface area contributed by atoms with Crippen molar-refractivity contribution in [2.45, 2.75) is 64.2 Å². The van der Waals surface area contributed by atoms with Gasteiger partial charge in [-0.3, -0.25) is 4.79 Å². The Morgan fingerprint density at radius 2 is 1.81 bits per heavy atom. The number of benzene rings is 1. The van der Waals surface area contributed by atoms with Crippen molar-refractivity contribution in [1.29, 1.82) is 0 Å². The molecule has 0 saturated carbocycles. The first-order valence-electron chi connectivity index (χ1n) is 9.89. The van der Waals surface area contributed by atoms with Gasteiger partial charge in [0.15, 0.2) is 6.10 Å². The molecule has 0 aliphatic rings. The lowest BCUT2D eigenvalue weighted by molar-refractivity contribution is -0.153. The molecule has 0 aliphatic carbocycles. The number of hydrogen-bond acceptors (Lipinski definition) is 6. The molecule has 0 heterocycles. The van der Waals surface area contributed by atoms with E-state index in [0.717, 1.165) is 31.4 Å². The minimum absolute atomic E-state index is 0.246. The van der Waals surface area contributed by atoms with Crippen LogP contribution in [0.3, 0.4) is 0 Å². The molecular formula is C21H34O5S. The van der Waals surface area contributed by atoms with Crippen LogP contribution in [-0.4, -0.2) is 43.8 Å². The summed E-state index contributed by atoms with van der Waals surface area (Å²) in [6.07, 6.45) is 4.24. The van der Waals surface area contributed by atoms with Gasteiger partial charge in [-0.05, 0) is 44.7 Å². The number of carbonyl (C=O) groups excluding carboxylic acids is 1. The lowest BCUT2D eigenvalue weighted by Gasteiger charge is -2.18. The van der Waals surface area contributed by atoms with Crippen molar-refractivity contribution in [1.82, 2.24) is 0 Å². The zero-order valence-corrected chi connectivity index (χ0v) is 17.7. The molecule has 0 aliphatic heterocycles. The summed E-state index contributed by atoms with van der Waals surface area (Å²) in [5, 5.41) is 0.480. The van der Waals surface area contributed by atoms with Crippen molar-refractivity contribution in [3.05, 3.63) is 24.3 Å². The predicted octanol–water partition coefficient (Wildman–Crippen LogP) is 4.68. The molecule has 0 fully saturated rings. The van der Waals surface area contributed by atoms with Gasteiger partial charge in [-0.15, -0.1) is 0 Å². The first-order chi connectivity index (χ1) is 13.1. The highest BCUT2D eigenvalue weighted by Crippen LogP contribution is 2.20. The smallest absolute Gasteiger partial charge is 0.305 e. The van der Waals surface area contributed by atoms with Crippen molar-refractivity contribution in [2.24, 2.45) is 0 Å². The first-order valence-corrected chi connectivity index (χ1v) is 10.4. The summed E-state index contributed by atoms with van der Waals surface area (Å²) in [5.41, 5.74) is 0. The second-order valence-corrected chi connectivity index (χ2v) is 7.05. The van der Waals surface area contributed by atoms with Crippen LogP contribution in [0.5, 0.6) is 11.5 Å². The molecule has 0 N–H and O–H groups in total. The fraction of sp³-hybridized carbons (Fsp3) is 0.667. The van der Waals surface area contributed by atoms with Crippen molar-refractivity contribution in [3.8, 4) is 11.5 Å². The SMILES string of the molecule is CCOCC(COc1cccc(OCCCCC(S)CC)c1)OC(=O)CC. The minimum atomic E-state index is -0.422. The van der Waals surface area contributed by atoms with E-state index in [1.807, 2.05) is 31.2 Å². The molecule has 6 heteroatoms. The van der Waals surface area contributed by atoms with Gasteiger partial charge in [0.25, 0.3) is 0 Å². The Labute approximate surface area is 169 Å². The van der Waals surface area contributed by atoms with Gasteiger partial charge >= 0.3 is 5.97 Å². The molecule has 1 aromatic carbocycles. The summed E-state index contributed by atoms with van der Waals surface area (Å²) in [5.74, 6) is 1.20. The molecule has 27 heavy (non-hydrogen) atoms. The van der Waals surface area contributed by atoms with Crippen LogP contribution in [-0.2, 0) is 14.3 Å². The summed E-state index contributed by atoms with van der Waals surface area (Å²) >= 11 is 4.51. The Balaban J connectivity index is 2.41. The van der Waals surface area contributed by atoms with E-state index in [1.54, 1.807) is 6.92 Å². The standard InChI is InChI=1S/C21H34O5S/c1-4-20(27)12-7-8-13-24-17-10-9-11-18(14-17)25-16-19(15-23-6-3)26-21(22)5-2/h9-11,14,19-20,27H,4-8,12-13,15-16H2,1-3H3. The maximum Gasteiger partial charge on any atom is 0.305 e. The van der Waals surface area contributed by atoms with E-state index in [4.69, 9.17) is 18.9 Å². The number of esters is 1. The monoisotopic (exact) mass is 398 g/mol. The Morgan fingerprint density at radius 1 is 1.07 bits per heavy atom. The van der Waals surface area contributed by atoms with Crippen LogP contribution in [0.25, 0.3) is 0 Å². The van der Waals surface area contributed by atoms with E-state index >= 15 is 0 Å². The van der Waals surface area contributed by atoms with Gasteiger partial charge in [-0.25, -0.2) is 0 Å².